The Bertz CT molecular complexity index is 1050. The van der Waals surface area contributed by atoms with Crippen LogP contribution in [0.1, 0.15) is 11.1 Å². The fraction of sp³-hybridized carbons (Fsp3) is 0.158. The quantitative estimate of drug-likeness (QED) is 0.370. The first kappa shape index (κ1) is 21.9. The highest BCUT2D eigenvalue weighted by Crippen LogP contribution is 2.22. The van der Waals surface area contributed by atoms with Gasteiger partial charge in [0.1, 0.15) is 18.4 Å². The number of hydrogen-bond donors (Lipinski definition) is 1. The van der Waals surface area contributed by atoms with Gasteiger partial charge in [0, 0.05) is 12.0 Å². The van der Waals surface area contributed by atoms with Crippen molar-refractivity contribution in [3.63, 3.8) is 0 Å². The van der Waals surface area contributed by atoms with E-state index in [0.717, 1.165) is 11.0 Å². The average Bonchev–Trinajstić information content (AvgIpc) is 2.74. The molecule has 0 aliphatic rings. The molecule has 0 radical (unpaired) electrons. The molecule has 2 aromatic rings. The van der Waals surface area contributed by atoms with Crippen molar-refractivity contribution in [3.05, 3.63) is 57.8 Å². The van der Waals surface area contributed by atoms with Crippen LogP contribution in [0.4, 0.5) is 0 Å². The lowest BCUT2D eigenvalue weighted by Gasteiger charge is -2.10. The molecule has 0 unspecified atom stereocenters. The van der Waals surface area contributed by atoms with Gasteiger partial charge in [-0.2, -0.15) is 10.2 Å². The standard InChI is InChI=1S/C19H15ClN4O4S/c1-3-15(11-22-6-7-29-20)28-16-5-4-13(8-14(16)10-21)12-27-18-9-17(26-2)23-19(25)24-18/h1,4-6,8-9,11H,7,12H2,2H3,(H,23,24,25)/b15-11+,22-6?. The molecule has 1 aromatic heterocycles. The van der Waals surface area contributed by atoms with Gasteiger partial charge in [0.05, 0.1) is 24.9 Å². The number of aromatic amines is 1. The highest BCUT2D eigenvalue weighted by atomic mass is 35.7. The number of methoxy groups -OCH3 is 1. The number of hydrogen-bond acceptors (Lipinski definition) is 8. The molecule has 0 aliphatic heterocycles. The Labute approximate surface area is 175 Å². The number of halogens is 1. The second kappa shape index (κ2) is 11.4. The van der Waals surface area contributed by atoms with Crippen LogP contribution < -0.4 is 19.9 Å². The van der Waals surface area contributed by atoms with E-state index in [2.05, 4.69) is 20.9 Å². The molecule has 0 amide bonds. The Morgan fingerprint density at radius 2 is 2.31 bits per heavy atom. The lowest BCUT2D eigenvalue weighted by Crippen LogP contribution is -2.12. The Morgan fingerprint density at radius 3 is 3.00 bits per heavy atom. The fourth-order valence-electron chi connectivity index (χ4n) is 2.00. The molecule has 0 atom stereocenters. The Balaban J connectivity index is 2.12. The van der Waals surface area contributed by atoms with Gasteiger partial charge in [-0.15, -0.1) is 6.42 Å². The fourth-order valence-corrected chi connectivity index (χ4v) is 2.32. The predicted octanol–water partition coefficient (Wildman–Crippen LogP) is 3.04. The van der Waals surface area contributed by atoms with Crippen molar-refractivity contribution in [3.8, 4) is 35.9 Å². The zero-order valence-corrected chi connectivity index (χ0v) is 16.8. The number of nitrogens with one attached hydrogen (secondary N) is 1. The third-order valence-electron chi connectivity index (χ3n) is 3.26. The lowest BCUT2D eigenvalue weighted by molar-refractivity contribution is 0.288. The highest BCUT2D eigenvalue weighted by Gasteiger charge is 2.08. The maximum absolute atomic E-state index is 11.4. The molecule has 0 fully saturated rings. The lowest BCUT2D eigenvalue weighted by atomic mass is 10.1. The van der Waals surface area contributed by atoms with E-state index in [1.165, 1.54) is 19.4 Å². The molecule has 0 bridgehead atoms. The van der Waals surface area contributed by atoms with Crippen molar-refractivity contribution in [1.29, 1.82) is 5.26 Å². The smallest absolute Gasteiger partial charge is 0.351 e. The van der Waals surface area contributed by atoms with E-state index < -0.39 is 5.69 Å². The Hall–Kier alpha value is -3.40. The van der Waals surface area contributed by atoms with Crippen LogP contribution in [-0.2, 0) is 6.61 Å². The summed E-state index contributed by atoms with van der Waals surface area (Å²) in [6.07, 6.45) is 8.34. The van der Waals surface area contributed by atoms with Crippen molar-refractivity contribution < 1.29 is 14.2 Å². The number of aromatic nitrogens is 2. The normalized spacial score (nSPS) is 11.0. The van der Waals surface area contributed by atoms with Crippen molar-refractivity contribution >= 4 is 27.9 Å². The molecule has 0 spiro atoms. The van der Waals surface area contributed by atoms with Gasteiger partial charge < -0.3 is 14.2 Å². The van der Waals surface area contributed by atoms with E-state index in [9.17, 15) is 10.1 Å². The summed E-state index contributed by atoms with van der Waals surface area (Å²) in [5.74, 6) is 3.61. The summed E-state index contributed by atoms with van der Waals surface area (Å²) in [4.78, 5) is 21.5. The minimum atomic E-state index is -0.596. The minimum Gasteiger partial charge on any atom is -0.481 e. The molecule has 0 saturated carbocycles. The van der Waals surface area contributed by atoms with Gasteiger partial charge >= 0.3 is 5.69 Å². The molecule has 10 heteroatoms. The van der Waals surface area contributed by atoms with Crippen molar-refractivity contribution in [1.82, 2.24) is 9.97 Å². The SMILES string of the molecule is C#C/C(=C\N=CCSCl)Oc1ccc(COc2cc(OC)nc(=O)[nH]2)cc1C#N. The van der Waals surface area contributed by atoms with Gasteiger partial charge in [-0.1, -0.05) is 17.0 Å². The van der Waals surface area contributed by atoms with E-state index in [-0.39, 0.29) is 35.4 Å². The number of terminal acetylenes is 1. The number of benzene rings is 1. The predicted molar refractivity (Wildman–Crippen MR) is 111 cm³/mol. The molecule has 1 heterocycles. The second-order valence-corrected chi connectivity index (χ2v) is 6.38. The summed E-state index contributed by atoms with van der Waals surface area (Å²) < 4.78 is 16.0. The molecular weight excluding hydrogens is 416 g/mol. The second-order valence-electron chi connectivity index (χ2n) is 5.17. The third-order valence-corrected chi connectivity index (χ3v) is 3.91. The number of allylic oxidation sites excluding steroid dienone is 1. The Kier molecular flexibility index (Phi) is 8.64. The van der Waals surface area contributed by atoms with Crippen LogP contribution in [0.15, 0.2) is 46.0 Å². The number of rotatable bonds is 9. The van der Waals surface area contributed by atoms with E-state index in [1.54, 1.807) is 24.4 Å². The molecule has 1 aromatic carbocycles. The summed E-state index contributed by atoms with van der Waals surface area (Å²) in [5, 5.41) is 9.40. The first-order chi connectivity index (χ1) is 14.1. The van der Waals surface area contributed by atoms with Crippen LogP contribution in [0.3, 0.4) is 0 Å². The Morgan fingerprint density at radius 1 is 1.48 bits per heavy atom. The van der Waals surface area contributed by atoms with Gasteiger partial charge in [-0.05, 0) is 34.3 Å². The van der Waals surface area contributed by atoms with Gasteiger partial charge in [0.2, 0.25) is 11.8 Å². The van der Waals surface area contributed by atoms with Crippen LogP contribution in [0.25, 0.3) is 0 Å². The summed E-state index contributed by atoms with van der Waals surface area (Å²) in [6.45, 7) is 0.0935. The van der Waals surface area contributed by atoms with Crippen LogP contribution in [0.5, 0.6) is 17.5 Å². The van der Waals surface area contributed by atoms with Crippen molar-refractivity contribution in [2.75, 3.05) is 12.9 Å². The molecule has 0 aliphatic carbocycles. The van der Waals surface area contributed by atoms with Crippen molar-refractivity contribution in [2.24, 2.45) is 4.99 Å². The summed E-state index contributed by atoms with van der Waals surface area (Å²) >= 11 is 0. The largest absolute Gasteiger partial charge is 0.481 e. The van der Waals surface area contributed by atoms with Gasteiger partial charge in [0.15, 0.2) is 5.76 Å². The average molecular weight is 431 g/mol. The van der Waals surface area contributed by atoms with Gasteiger partial charge in [-0.3, -0.25) is 9.98 Å². The van der Waals surface area contributed by atoms with Crippen LogP contribution in [0.2, 0.25) is 0 Å². The molecule has 0 saturated heterocycles. The molecular formula is C19H15ClN4O4S. The molecule has 29 heavy (non-hydrogen) atoms. The van der Waals surface area contributed by atoms with E-state index in [1.807, 2.05) is 6.07 Å². The number of nitriles is 1. The maximum Gasteiger partial charge on any atom is 0.351 e. The molecule has 1 N–H and O–H groups in total. The summed E-state index contributed by atoms with van der Waals surface area (Å²) in [7, 11) is 7.97. The maximum atomic E-state index is 11.4. The number of ether oxygens (including phenoxy) is 3. The van der Waals surface area contributed by atoms with Crippen LogP contribution >= 0.6 is 21.7 Å². The van der Waals surface area contributed by atoms with Crippen LogP contribution in [-0.4, -0.2) is 29.0 Å². The summed E-state index contributed by atoms with van der Waals surface area (Å²) in [6, 6.07) is 8.37. The van der Waals surface area contributed by atoms with Gasteiger partial charge in [-0.25, -0.2) is 4.79 Å². The van der Waals surface area contributed by atoms with E-state index in [0.29, 0.717) is 11.3 Å². The first-order valence-corrected chi connectivity index (χ1v) is 9.81. The monoisotopic (exact) mass is 430 g/mol. The highest BCUT2D eigenvalue weighted by molar-refractivity contribution is 8.21. The van der Waals surface area contributed by atoms with E-state index >= 15 is 0 Å². The zero-order valence-electron chi connectivity index (χ0n) is 15.2. The van der Waals surface area contributed by atoms with E-state index in [4.69, 9.17) is 31.3 Å². The topological polar surface area (TPSA) is 110 Å². The summed E-state index contributed by atoms with van der Waals surface area (Å²) in [5.41, 5.74) is 0.337. The number of H-pyrrole nitrogens is 1. The zero-order chi connectivity index (χ0) is 21.1. The van der Waals surface area contributed by atoms with Crippen molar-refractivity contribution in [2.45, 2.75) is 6.61 Å². The van der Waals surface area contributed by atoms with Gasteiger partial charge in [0.25, 0.3) is 0 Å². The molecule has 2 rings (SSSR count). The first-order valence-electron chi connectivity index (χ1n) is 8.00. The molecule has 8 nitrogen and oxygen atoms in total. The number of aliphatic imine (C=N–C) groups is 1. The minimum absolute atomic E-state index is 0.0935. The molecule has 148 valence electrons. The number of nitrogens with zero attached hydrogens (tertiary/aromatic N) is 3. The van der Waals surface area contributed by atoms with Crippen LogP contribution in [0, 0.1) is 23.7 Å². The third kappa shape index (κ3) is 6.92.